The van der Waals surface area contributed by atoms with Gasteiger partial charge in [0.2, 0.25) is 0 Å². The largest absolute Gasteiger partial charge is 0.495 e. The Kier molecular flexibility index (Phi) is 3.98. The lowest BCUT2D eigenvalue weighted by atomic mass is 9.98. The molecule has 1 atom stereocenters. The Morgan fingerprint density at radius 3 is 2.55 bits per heavy atom. The van der Waals surface area contributed by atoms with Crippen molar-refractivity contribution < 1.29 is 18.7 Å². The van der Waals surface area contributed by atoms with Gasteiger partial charge in [0.05, 0.1) is 26.2 Å². The minimum Gasteiger partial charge on any atom is -0.495 e. The van der Waals surface area contributed by atoms with Gasteiger partial charge in [-0.1, -0.05) is 12.1 Å². The molecule has 106 valence electrons. The lowest BCUT2D eigenvalue weighted by Gasteiger charge is -2.27. The van der Waals surface area contributed by atoms with Crippen LogP contribution in [-0.4, -0.2) is 20.2 Å². The maximum atomic E-state index is 12.2. The summed E-state index contributed by atoms with van der Waals surface area (Å²) >= 11 is 0. The van der Waals surface area contributed by atoms with Gasteiger partial charge in [0.1, 0.15) is 11.5 Å². The number of nitrogens with one attached hydrogen (secondary N) is 1. The average Bonchev–Trinajstić information content (AvgIpc) is 3.01. The van der Waals surface area contributed by atoms with E-state index in [4.69, 9.17) is 13.9 Å². The molecule has 0 unspecified atom stereocenters. The molecular weight excluding hydrogens is 258 g/mol. The highest BCUT2D eigenvalue weighted by atomic mass is 16.5. The Morgan fingerprint density at radius 1 is 1.20 bits per heavy atom. The minimum atomic E-state index is -1.13. The molecule has 0 saturated carbocycles. The Balaban J connectivity index is 2.41. The lowest BCUT2D eigenvalue weighted by molar-refractivity contribution is -0.146. The van der Waals surface area contributed by atoms with Crippen LogP contribution in [0.5, 0.6) is 5.75 Å². The van der Waals surface area contributed by atoms with Crippen molar-refractivity contribution in [3.8, 4) is 5.75 Å². The molecule has 0 amide bonds. The average molecular weight is 275 g/mol. The fourth-order valence-electron chi connectivity index (χ4n) is 2.00. The van der Waals surface area contributed by atoms with E-state index in [0.29, 0.717) is 17.2 Å². The maximum absolute atomic E-state index is 12.2. The summed E-state index contributed by atoms with van der Waals surface area (Å²) in [5, 5.41) is 3.13. The van der Waals surface area contributed by atoms with E-state index in [9.17, 15) is 4.79 Å². The highest BCUT2D eigenvalue weighted by Gasteiger charge is 2.39. The SMILES string of the molecule is COC(=O)[C@](C)(Nc1ccccc1OC)c1ccco1. The van der Waals surface area contributed by atoms with Crippen LogP contribution >= 0.6 is 0 Å². The molecule has 5 heteroatoms. The van der Waals surface area contributed by atoms with Crippen LogP contribution < -0.4 is 10.1 Å². The van der Waals surface area contributed by atoms with Crippen molar-refractivity contribution in [3.63, 3.8) is 0 Å². The summed E-state index contributed by atoms with van der Waals surface area (Å²) in [5.74, 6) is 0.655. The second kappa shape index (κ2) is 5.69. The van der Waals surface area contributed by atoms with Crippen LogP contribution in [-0.2, 0) is 15.1 Å². The third kappa shape index (κ3) is 2.47. The summed E-state index contributed by atoms with van der Waals surface area (Å²) in [6.07, 6.45) is 1.51. The number of hydrogen-bond donors (Lipinski definition) is 1. The second-order valence-electron chi connectivity index (χ2n) is 4.42. The second-order valence-corrected chi connectivity index (χ2v) is 4.42. The van der Waals surface area contributed by atoms with Crippen molar-refractivity contribution in [1.82, 2.24) is 0 Å². The molecule has 0 saturated heterocycles. The van der Waals surface area contributed by atoms with Crippen molar-refractivity contribution in [2.45, 2.75) is 12.5 Å². The van der Waals surface area contributed by atoms with Gasteiger partial charge in [0.15, 0.2) is 5.54 Å². The Morgan fingerprint density at radius 2 is 1.95 bits per heavy atom. The van der Waals surface area contributed by atoms with Gasteiger partial charge in [-0.05, 0) is 31.2 Å². The zero-order valence-electron chi connectivity index (χ0n) is 11.7. The summed E-state index contributed by atoms with van der Waals surface area (Å²) in [5.41, 5.74) is -0.452. The van der Waals surface area contributed by atoms with Crippen LogP contribution in [0.1, 0.15) is 12.7 Å². The molecule has 2 aromatic rings. The number of esters is 1. The first-order chi connectivity index (χ1) is 9.61. The molecule has 5 nitrogen and oxygen atoms in total. The van der Waals surface area contributed by atoms with Gasteiger partial charge >= 0.3 is 5.97 Å². The first kappa shape index (κ1) is 14.0. The third-order valence-corrected chi connectivity index (χ3v) is 3.10. The van der Waals surface area contributed by atoms with Gasteiger partial charge < -0.3 is 19.2 Å². The van der Waals surface area contributed by atoms with Gasteiger partial charge in [-0.3, -0.25) is 0 Å². The number of ether oxygens (including phenoxy) is 2. The van der Waals surface area contributed by atoms with E-state index in [-0.39, 0.29) is 0 Å². The van der Waals surface area contributed by atoms with E-state index >= 15 is 0 Å². The summed E-state index contributed by atoms with van der Waals surface area (Å²) in [4.78, 5) is 12.2. The first-order valence-electron chi connectivity index (χ1n) is 6.15. The van der Waals surface area contributed by atoms with E-state index in [2.05, 4.69) is 5.32 Å². The molecule has 2 rings (SSSR count). The van der Waals surface area contributed by atoms with E-state index in [1.165, 1.54) is 13.4 Å². The smallest absolute Gasteiger partial charge is 0.339 e. The Bertz CT molecular complexity index is 579. The highest BCUT2D eigenvalue weighted by Crippen LogP contribution is 2.32. The van der Waals surface area contributed by atoms with Gasteiger partial charge in [0.25, 0.3) is 0 Å². The normalized spacial score (nSPS) is 13.3. The third-order valence-electron chi connectivity index (χ3n) is 3.10. The van der Waals surface area contributed by atoms with E-state index in [0.717, 1.165) is 0 Å². The van der Waals surface area contributed by atoms with Crippen molar-refractivity contribution in [2.24, 2.45) is 0 Å². The van der Waals surface area contributed by atoms with Crippen LogP contribution in [0.4, 0.5) is 5.69 Å². The molecule has 1 aromatic heterocycles. The number of anilines is 1. The predicted octanol–water partition coefficient (Wildman–Crippen LogP) is 2.79. The van der Waals surface area contributed by atoms with Crippen LogP contribution in [0, 0.1) is 0 Å². The van der Waals surface area contributed by atoms with Crippen molar-refractivity contribution in [3.05, 3.63) is 48.4 Å². The molecule has 0 radical (unpaired) electrons. The van der Waals surface area contributed by atoms with Crippen LogP contribution in [0.2, 0.25) is 0 Å². The zero-order chi connectivity index (χ0) is 14.6. The standard InChI is InChI=1S/C15H17NO4/c1-15(14(17)19-3,13-9-6-10-20-13)16-11-7-4-5-8-12(11)18-2/h4-10,16H,1-3H3/t15-/m1/s1. The summed E-state index contributed by atoms with van der Waals surface area (Å²) in [6.45, 7) is 1.70. The van der Waals surface area contributed by atoms with Gasteiger partial charge in [-0.25, -0.2) is 4.79 Å². The van der Waals surface area contributed by atoms with Gasteiger partial charge in [-0.15, -0.1) is 0 Å². The molecule has 0 bridgehead atoms. The Hall–Kier alpha value is -2.43. The van der Waals surface area contributed by atoms with Gasteiger partial charge in [-0.2, -0.15) is 0 Å². The summed E-state index contributed by atoms with van der Waals surface area (Å²) < 4.78 is 15.5. The minimum absolute atomic E-state index is 0.446. The maximum Gasteiger partial charge on any atom is 0.339 e. The van der Waals surface area contributed by atoms with Crippen molar-refractivity contribution in [2.75, 3.05) is 19.5 Å². The molecule has 0 spiro atoms. The van der Waals surface area contributed by atoms with Crippen LogP contribution in [0.3, 0.4) is 0 Å². The number of carbonyl (C=O) groups excluding carboxylic acids is 1. The van der Waals surface area contributed by atoms with Gasteiger partial charge in [0, 0.05) is 0 Å². The van der Waals surface area contributed by atoms with E-state index < -0.39 is 11.5 Å². The molecule has 0 aliphatic rings. The molecule has 20 heavy (non-hydrogen) atoms. The number of carbonyl (C=O) groups is 1. The predicted molar refractivity (Wildman–Crippen MR) is 74.7 cm³/mol. The zero-order valence-corrected chi connectivity index (χ0v) is 11.7. The number of para-hydroxylation sites is 2. The van der Waals surface area contributed by atoms with E-state index in [1.807, 2.05) is 24.3 Å². The molecule has 0 aliphatic carbocycles. The first-order valence-corrected chi connectivity index (χ1v) is 6.15. The molecule has 1 aromatic carbocycles. The molecule has 0 aliphatic heterocycles. The fraction of sp³-hybridized carbons (Fsp3) is 0.267. The molecule has 1 N–H and O–H groups in total. The number of benzene rings is 1. The van der Waals surface area contributed by atoms with E-state index in [1.54, 1.807) is 26.2 Å². The fourth-order valence-corrected chi connectivity index (χ4v) is 2.00. The highest BCUT2D eigenvalue weighted by molar-refractivity contribution is 5.85. The molecule has 0 fully saturated rings. The number of furan rings is 1. The molecular formula is C15H17NO4. The number of rotatable bonds is 5. The van der Waals surface area contributed by atoms with Crippen LogP contribution in [0.15, 0.2) is 47.1 Å². The van der Waals surface area contributed by atoms with Crippen molar-refractivity contribution in [1.29, 1.82) is 0 Å². The number of methoxy groups -OCH3 is 2. The number of hydrogen-bond acceptors (Lipinski definition) is 5. The lowest BCUT2D eigenvalue weighted by Crippen LogP contribution is -2.41. The quantitative estimate of drug-likeness (QED) is 0.850. The van der Waals surface area contributed by atoms with Crippen LogP contribution in [0.25, 0.3) is 0 Å². The van der Waals surface area contributed by atoms with Crippen molar-refractivity contribution >= 4 is 11.7 Å². The monoisotopic (exact) mass is 275 g/mol. The topological polar surface area (TPSA) is 60.7 Å². The summed E-state index contributed by atoms with van der Waals surface area (Å²) in [6, 6.07) is 10.8. The Labute approximate surface area is 117 Å². The summed E-state index contributed by atoms with van der Waals surface area (Å²) in [7, 11) is 2.91. The molecule has 1 heterocycles.